The third-order valence-corrected chi connectivity index (χ3v) is 3.96. The van der Waals surface area contributed by atoms with Crippen LogP contribution in [0.1, 0.15) is 5.56 Å². The largest absolute Gasteiger partial charge is 0.351 e. The SMILES string of the molecule is NC(=O)N(Cc1ccccc1F)c1cccc(-c2ccc(Cl)cc2)n1. The first-order valence-corrected chi connectivity index (χ1v) is 7.96. The summed E-state index contributed by atoms with van der Waals surface area (Å²) in [5.74, 6) is -0.0502. The van der Waals surface area contributed by atoms with Gasteiger partial charge in [-0.2, -0.15) is 0 Å². The van der Waals surface area contributed by atoms with Crippen molar-refractivity contribution in [2.75, 3.05) is 4.90 Å². The minimum atomic E-state index is -0.705. The molecule has 1 heterocycles. The molecule has 3 rings (SSSR count). The summed E-state index contributed by atoms with van der Waals surface area (Å²) >= 11 is 5.90. The van der Waals surface area contributed by atoms with Crippen LogP contribution in [0.3, 0.4) is 0 Å². The lowest BCUT2D eigenvalue weighted by Crippen LogP contribution is -2.36. The van der Waals surface area contributed by atoms with E-state index >= 15 is 0 Å². The van der Waals surface area contributed by atoms with Gasteiger partial charge in [-0.15, -0.1) is 0 Å². The Hall–Kier alpha value is -2.92. The number of primary amides is 1. The molecule has 0 radical (unpaired) electrons. The molecule has 25 heavy (non-hydrogen) atoms. The summed E-state index contributed by atoms with van der Waals surface area (Å²) in [7, 11) is 0. The lowest BCUT2D eigenvalue weighted by Gasteiger charge is -2.20. The molecule has 1 aromatic heterocycles. The van der Waals surface area contributed by atoms with E-state index in [9.17, 15) is 9.18 Å². The lowest BCUT2D eigenvalue weighted by molar-refractivity contribution is 0.253. The highest BCUT2D eigenvalue weighted by molar-refractivity contribution is 6.30. The van der Waals surface area contributed by atoms with Crippen LogP contribution in [0, 0.1) is 5.82 Å². The molecule has 0 unspecified atom stereocenters. The fourth-order valence-electron chi connectivity index (χ4n) is 2.42. The van der Waals surface area contributed by atoms with Crippen LogP contribution in [0.2, 0.25) is 5.02 Å². The smallest absolute Gasteiger partial charge is 0.320 e. The van der Waals surface area contributed by atoms with Crippen LogP contribution >= 0.6 is 11.6 Å². The fourth-order valence-corrected chi connectivity index (χ4v) is 2.55. The van der Waals surface area contributed by atoms with Crippen LogP contribution in [0.5, 0.6) is 0 Å². The number of aromatic nitrogens is 1. The zero-order chi connectivity index (χ0) is 17.8. The van der Waals surface area contributed by atoms with Gasteiger partial charge in [0.15, 0.2) is 0 Å². The molecule has 0 aliphatic heterocycles. The number of carbonyl (C=O) groups is 1. The maximum Gasteiger partial charge on any atom is 0.320 e. The van der Waals surface area contributed by atoms with Gasteiger partial charge in [0.1, 0.15) is 11.6 Å². The number of hydrogen-bond donors (Lipinski definition) is 1. The molecule has 0 fully saturated rings. The van der Waals surface area contributed by atoms with Gasteiger partial charge < -0.3 is 5.73 Å². The predicted octanol–water partition coefficient (Wildman–Crippen LogP) is 4.63. The van der Waals surface area contributed by atoms with Gasteiger partial charge in [0.05, 0.1) is 12.2 Å². The number of nitrogens with two attached hydrogens (primary N) is 1. The van der Waals surface area contributed by atoms with Gasteiger partial charge >= 0.3 is 6.03 Å². The number of anilines is 1. The number of hydrogen-bond acceptors (Lipinski definition) is 2. The van der Waals surface area contributed by atoms with Crippen molar-refractivity contribution in [2.45, 2.75) is 6.54 Å². The molecule has 126 valence electrons. The molecule has 4 nitrogen and oxygen atoms in total. The van der Waals surface area contributed by atoms with Gasteiger partial charge in [-0.3, -0.25) is 4.90 Å². The molecular formula is C19H15ClFN3O. The normalized spacial score (nSPS) is 10.5. The number of urea groups is 1. The van der Waals surface area contributed by atoms with Crippen molar-refractivity contribution in [3.63, 3.8) is 0 Å². The number of nitrogens with zero attached hydrogens (tertiary/aromatic N) is 2. The van der Waals surface area contributed by atoms with Crippen molar-refractivity contribution in [1.29, 1.82) is 0 Å². The quantitative estimate of drug-likeness (QED) is 0.742. The van der Waals surface area contributed by atoms with Crippen molar-refractivity contribution >= 4 is 23.4 Å². The summed E-state index contributed by atoms with van der Waals surface area (Å²) in [4.78, 5) is 17.6. The van der Waals surface area contributed by atoms with Crippen molar-refractivity contribution in [3.05, 3.63) is 83.1 Å². The Balaban J connectivity index is 1.94. The second kappa shape index (κ2) is 7.32. The summed E-state index contributed by atoms with van der Waals surface area (Å²) in [6.07, 6.45) is 0. The zero-order valence-corrected chi connectivity index (χ0v) is 13.9. The summed E-state index contributed by atoms with van der Waals surface area (Å²) in [6, 6.07) is 18.0. The first-order chi connectivity index (χ1) is 12.0. The molecule has 0 aliphatic rings. The van der Waals surface area contributed by atoms with Gasteiger partial charge in [-0.1, -0.05) is 48.0 Å². The predicted molar refractivity (Wildman–Crippen MR) is 96.8 cm³/mol. The minimum Gasteiger partial charge on any atom is -0.351 e. The average Bonchev–Trinajstić information content (AvgIpc) is 2.61. The van der Waals surface area contributed by atoms with Gasteiger partial charge in [0.25, 0.3) is 0 Å². The van der Waals surface area contributed by atoms with Crippen LogP contribution in [-0.4, -0.2) is 11.0 Å². The average molecular weight is 356 g/mol. The minimum absolute atomic E-state index is 0.000915. The van der Waals surface area contributed by atoms with Crippen LogP contribution < -0.4 is 10.6 Å². The Morgan fingerprint density at radius 2 is 1.76 bits per heavy atom. The zero-order valence-electron chi connectivity index (χ0n) is 13.2. The number of rotatable bonds is 4. The van der Waals surface area contributed by atoms with E-state index in [0.717, 1.165) is 5.56 Å². The lowest BCUT2D eigenvalue weighted by atomic mass is 10.1. The van der Waals surface area contributed by atoms with E-state index in [1.165, 1.54) is 11.0 Å². The first-order valence-electron chi connectivity index (χ1n) is 7.58. The van der Waals surface area contributed by atoms with E-state index in [0.29, 0.717) is 22.1 Å². The Morgan fingerprint density at radius 3 is 2.44 bits per heavy atom. The number of benzene rings is 2. The Morgan fingerprint density at radius 1 is 1.04 bits per heavy atom. The highest BCUT2D eigenvalue weighted by Crippen LogP contribution is 2.23. The van der Waals surface area contributed by atoms with Crippen LogP contribution in [0.25, 0.3) is 11.3 Å². The van der Waals surface area contributed by atoms with Gasteiger partial charge in [0, 0.05) is 16.1 Å². The number of carbonyl (C=O) groups excluding carboxylic acids is 1. The van der Waals surface area contributed by atoms with E-state index < -0.39 is 11.8 Å². The molecule has 2 N–H and O–H groups in total. The summed E-state index contributed by atoms with van der Waals surface area (Å²) in [6.45, 7) is -0.000915. The van der Waals surface area contributed by atoms with Gasteiger partial charge in [-0.05, 0) is 30.3 Å². The highest BCUT2D eigenvalue weighted by Gasteiger charge is 2.17. The van der Waals surface area contributed by atoms with Crippen molar-refractivity contribution < 1.29 is 9.18 Å². The third-order valence-electron chi connectivity index (χ3n) is 3.70. The molecule has 0 saturated heterocycles. The first kappa shape index (κ1) is 16.9. The van der Waals surface area contributed by atoms with E-state index in [1.54, 1.807) is 42.5 Å². The molecule has 0 atom stereocenters. The van der Waals surface area contributed by atoms with Gasteiger partial charge in [0.2, 0.25) is 0 Å². The Kier molecular flexibility index (Phi) is 4.95. The fraction of sp³-hybridized carbons (Fsp3) is 0.0526. The van der Waals surface area contributed by atoms with Crippen LogP contribution in [-0.2, 0) is 6.54 Å². The highest BCUT2D eigenvalue weighted by atomic mass is 35.5. The monoisotopic (exact) mass is 355 g/mol. The van der Waals surface area contributed by atoms with Gasteiger partial charge in [-0.25, -0.2) is 14.2 Å². The second-order valence-corrected chi connectivity index (χ2v) is 5.84. The standard InChI is InChI=1S/C19H15ClFN3O/c20-15-10-8-13(9-11-15)17-6-3-7-18(23-17)24(19(22)25)12-14-4-1-2-5-16(14)21/h1-11H,12H2,(H2,22,25). The molecule has 0 spiro atoms. The molecule has 2 aromatic carbocycles. The van der Waals surface area contributed by atoms with E-state index in [-0.39, 0.29) is 6.54 Å². The molecule has 0 saturated carbocycles. The molecule has 0 aliphatic carbocycles. The topological polar surface area (TPSA) is 59.2 Å². The van der Waals surface area contributed by atoms with Crippen molar-refractivity contribution in [3.8, 4) is 11.3 Å². The van der Waals surface area contributed by atoms with Crippen molar-refractivity contribution in [2.24, 2.45) is 5.73 Å². The number of pyridine rings is 1. The molecule has 3 aromatic rings. The van der Waals surface area contributed by atoms with Crippen LogP contribution in [0.15, 0.2) is 66.7 Å². The number of amides is 2. The summed E-state index contributed by atoms with van der Waals surface area (Å²) in [5, 5.41) is 0.623. The van der Waals surface area contributed by atoms with Crippen LogP contribution in [0.4, 0.5) is 15.0 Å². The molecule has 6 heteroatoms. The van der Waals surface area contributed by atoms with E-state index in [2.05, 4.69) is 4.98 Å². The Bertz CT molecular complexity index is 899. The number of halogens is 2. The second-order valence-electron chi connectivity index (χ2n) is 5.40. The van der Waals surface area contributed by atoms with E-state index in [4.69, 9.17) is 17.3 Å². The summed E-state index contributed by atoms with van der Waals surface area (Å²) in [5.41, 5.74) is 7.35. The maximum absolute atomic E-state index is 13.9. The molecular weight excluding hydrogens is 341 g/mol. The molecule has 2 amide bonds. The van der Waals surface area contributed by atoms with Crippen molar-refractivity contribution in [1.82, 2.24) is 4.98 Å². The van der Waals surface area contributed by atoms with E-state index in [1.807, 2.05) is 18.2 Å². The Labute approximate surface area is 149 Å². The third kappa shape index (κ3) is 3.95. The summed E-state index contributed by atoms with van der Waals surface area (Å²) < 4.78 is 13.9. The molecule has 0 bridgehead atoms. The maximum atomic E-state index is 13.9.